The predicted octanol–water partition coefficient (Wildman–Crippen LogP) is 2.13. The van der Waals surface area contributed by atoms with E-state index in [0.29, 0.717) is 17.7 Å². The molecule has 6 heteroatoms. The van der Waals surface area contributed by atoms with E-state index in [1.165, 1.54) is 0 Å². The number of ether oxygens (including phenoxy) is 1. The fourth-order valence-corrected chi connectivity index (χ4v) is 3.20. The van der Waals surface area contributed by atoms with Crippen molar-refractivity contribution < 1.29 is 14.6 Å². The fraction of sp³-hybridized carbons (Fsp3) is 0.381. The van der Waals surface area contributed by atoms with Gasteiger partial charge in [-0.15, -0.1) is 12.4 Å². The Hall–Kier alpha value is -1.92. The Morgan fingerprint density at radius 3 is 1.93 bits per heavy atom. The van der Waals surface area contributed by atoms with Crippen LogP contribution in [0.1, 0.15) is 11.1 Å². The highest BCUT2D eigenvalue weighted by Crippen LogP contribution is 2.30. The van der Waals surface area contributed by atoms with Crippen molar-refractivity contribution in [3.63, 3.8) is 0 Å². The van der Waals surface area contributed by atoms with Crippen molar-refractivity contribution in [2.75, 3.05) is 46.4 Å². The Morgan fingerprint density at radius 1 is 0.963 bits per heavy atom. The molecule has 5 nitrogen and oxygen atoms in total. The number of nitrogens with zero attached hydrogens (tertiary/aromatic N) is 2. The number of hydrogen-bond acceptors (Lipinski definition) is 5. The maximum absolute atomic E-state index is 12.9. The molecular weight excluding hydrogens is 364 g/mol. The van der Waals surface area contributed by atoms with Crippen molar-refractivity contribution in [2.24, 2.45) is 0 Å². The lowest BCUT2D eigenvalue weighted by Gasteiger charge is -2.32. The first kappa shape index (κ1) is 21.4. The van der Waals surface area contributed by atoms with E-state index in [1.807, 2.05) is 12.1 Å². The number of hydrogen-bond donors (Lipinski definition) is 1. The largest absolute Gasteiger partial charge is 0.462 e. The Balaban J connectivity index is 0.00000261. The van der Waals surface area contributed by atoms with Crippen LogP contribution in [0.3, 0.4) is 0 Å². The molecule has 146 valence electrons. The van der Waals surface area contributed by atoms with Gasteiger partial charge in [-0.25, -0.2) is 4.79 Å². The highest BCUT2D eigenvalue weighted by atomic mass is 35.5. The molecule has 0 bridgehead atoms. The number of carbonyl (C=O) groups is 1. The van der Waals surface area contributed by atoms with Gasteiger partial charge in [0.15, 0.2) is 0 Å². The van der Waals surface area contributed by atoms with E-state index in [0.717, 1.165) is 26.2 Å². The average molecular weight is 391 g/mol. The van der Waals surface area contributed by atoms with Crippen molar-refractivity contribution >= 4 is 18.4 Å². The molecule has 2 aromatic rings. The van der Waals surface area contributed by atoms with E-state index in [1.54, 1.807) is 48.5 Å². The van der Waals surface area contributed by atoms with E-state index < -0.39 is 11.6 Å². The minimum atomic E-state index is -1.80. The van der Waals surface area contributed by atoms with Crippen LogP contribution in [0.4, 0.5) is 0 Å². The van der Waals surface area contributed by atoms with E-state index in [2.05, 4.69) is 16.8 Å². The number of carbonyl (C=O) groups excluding carboxylic acids is 1. The molecular formula is C21H27ClN2O3. The van der Waals surface area contributed by atoms with Crippen molar-refractivity contribution in [3.8, 4) is 0 Å². The van der Waals surface area contributed by atoms with Gasteiger partial charge in [0.2, 0.25) is 5.60 Å². The number of likely N-dealkylation sites (N-methyl/N-ethyl adjacent to an activating group) is 1. The molecule has 27 heavy (non-hydrogen) atoms. The predicted molar refractivity (Wildman–Crippen MR) is 108 cm³/mol. The van der Waals surface area contributed by atoms with Gasteiger partial charge in [0, 0.05) is 32.7 Å². The highest BCUT2D eigenvalue weighted by Gasteiger charge is 2.41. The first-order valence-corrected chi connectivity index (χ1v) is 9.02. The molecule has 0 unspecified atom stereocenters. The van der Waals surface area contributed by atoms with Gasteiger partial charge in [0.1, 0.15) is 6.61 Å². The number of aliphatic hydroxyl groups is 1. The second-order valence-corrected chi connectivity index (χ2v) is 6.72. The summed E-state index contributed by atoms with van der Waals surface area (Å²) in [5, 5.41) is 11.3. The van der Waals surface area contributed by atoms with Crippen LogP contribution in [0.15, 0.2) is 60.7 Å². The number of rotatable bonds is 6. The van der Waals surface area contributed by atoms with Gasteiger partial charge in [0.25, 0.3) is 0 Å². The van der Waals surface area contributed by atoms with Crippen molar-refractivity contribution in [1.29, 1.82) is 0 Å². The topological polar surface area (TPSA) is 53.0 Å². The van der Waals surface area contributed by atoms with Crippen LogP contribution in [0.5, 0.6) is 0 Å². The summed E-state index contributed by atoms with van der Waals surface area (Å²) in [5.41, 5.74) is -0.781. The van der Waals surface area contributed by atoms with Crippen LogP contribution < -0.4 is 0 Å². The normalized spacial score (nSPS) is 15.8. The number of halogens is 1. The molecule has 0 atom stereocenters. The van der Waals surface area contributed by atoms with Crippen LogP contribution in [0, 0.1) is 0 Å². The van der Waals surface area contributed by atoms with Gasteiger partial charge in [-0.3, -0.25) is 4.90 Å². The SMILES string of the molecule is CN1CCN(CCOC(=O)C(O)(c2ccccc2)c2ccccc2)CC1.Cl. The smallest absolute Gasteiger partial charge is 0.347 e. The molecule has 0 aliphatic carbocycles. The molecule has 0 saturated carbocycles. The third-order valence-electron chi connectivity index (χ3n) is 4.92. The summed E-state index contributed by atoms with van der Waals surface area (Å²) in [5.74, 6) is -0.635. The van der Waals surface area contributed by atoms with Gasteiger partial charge in [-0.05, 0) is 18.2 Å². The van der Waals surface area contributed by atoms with Crippen LogP contribution in [0.25, 0.3) is 0 Å². The quantitative estimate of drug-likeness (QED) is 0.766. The molecule has 1 N–H and O–H groups in total. The van der Waals surface area contributed by atoms with Gasteiger partial charge < -0.3 is 14.7 Å². The highest BCUT2D eigenvalue weighted by molar-refractivity contribution is 5.85. The van der Waals surface area contributed by atoms with Crippen LogP contribution in [-0.2, 0) is 15.1 Å². The van der Waals surface area contributed by atoms with Gasteiger partial charge in [-0.2, -0.15) is 0 Å². The van der Waals surface area contributed by atoms with Crippen LogP contribution in [0.2, 0.25) is 0 Å². The number of benzene rings is 2. The first-order chi connectivity index (χ1) is 12.6. The average Bonchev–Trinajstić information content (AvgIpc) is 2.70. The van der Waals surface area contributed by atoms with E-state index in [9.17, 15) is 9.90 Å². The minimum Gasteiger partial charge on any atom is -0.462 e. The Kier molecular flexibility index (Phi) is 7.80. The molecule has 0 spiro atoms. The van der Waals surface area contributed by atoms with Crippen molar-refractivity contribution in [2.45, 2.75) is 5.60 Å². The molecule has 2 aromatic carbocycles. The molecule has 1 heterocycles. The van der Waals surface area contributed by atoms with E-state index in [-0.39, 0.29) is 19.0 Å². The lowest BCUT2D eigenvalue weighted by atomic mass is 9.86. The maximum atomic E-state index is 12.9. The zero-order valence-corrected chi connectivity index (χ0v) is 16.4. The summed E-state index contributed by atoms with van der Waals surface area (Å²) in [6.45, 7) is 4.92. The Bertz CT molecular complexity index is 664. The van der Waals surface area contributed by atoms with Gasteiger partial charge in [0.05, 0.1) is 0 Å². The second kappa shape index (κ2) is 9.85. The van der Waals surface area contributed by atoms with E-state index >= 15 is 0 Å². The molecule has 1 aliphatic heterocycles. The third-order valence-corrected chi connectivity index (χ3v) is 4.92. The monoisotopic (exact) mass is 390 g/mol. The van der Waals surface area contributed by atoms with Crippen molar-refractivity contribution in [3.05, 3.63) is 71.8 Å². The molecule has 1 aliphatic rings. The lowest BCUT2D eigenvalue weighted by molar-refractivity contribution is -0.162. The first-order valence-electron chi connectivity index (χ1n) is 9.02. The molecule has 1 fully saturated rings. The molecule has 0 amide bonds. The second-order valence-electron chi connectivity index (χ2n) is 6.72. The Labute approximate surface area is 167 Å². The summed E-state index contributed by atoms with van der Waals surface area (Å²) in [4.78, 5) is 17.4. The summed E-state index contributed by atoms with van der Waals surface area (Å²) < 4.78 is 5.50. The van der Waals surface area contributed by atoms with Gasteiger partial charge in [-0.1, -0.05) is 60.7 Å². The third kappa shape index (κ3) is 5.08. The summed E-state index contributed by atoms with van der Waals surface area (Å²) in [6, 6.07) is 17.9. The summed E-state index contributed by atoms with van der Waals surface area (Å²) in [6.07, 6.45) is 0. The number of piperazine rings is 1. The molecule has 0 radical (unpaired) electrons. The summed E-state index contributed by atoms with van der Waals surface area (Å²) >= 11 is 0. The standard InChI is InChI=1S/C21H26N2O3.ClH/c1-22-12-14-23(15-13-22)16-17-26-20(24)21(25,18-8-4-2-5-9-18)19-10-6-3-7-11-19;/h2-11,25H,12-17H2,1H3;1H. The van der Waals surface area contributed by atoms with Crippen LogP contribution in [-0.4, -0.2) is 67.3 Å². The van der Waals surface area contributed by atoms with Crippen LogP contribution >= 0.6 is 12.4 Å². The minimum absolute atomic E-state index is 0. The van der Waals surface area contributed by atoms with Gasteiger partial charge >= 0.3 is 5.97 Å². The summed E-state index contributed by atoms with van der Waals surface area (Å²) in [7, 11) is 2.11. The maximum Gasteiger partial charge on any atom is 0.347 e. The number of esters is 1. The molecule has 0 aromatic heterocycles. The zero-order valence-electron chi connectivity index (χ0n) is 15.6. The lowest BCUT2D eigenvalue weighted by Crippen LogP contribution is -2.46. The van der Waals surface area contributed by atoms with E-state index in [4.69, 9.17) is 4.74 Å². The Morgan fingerprint density at radius 2 is 1.44 bits per heavy atom. The molecule has 1 saturated heterocycles. The van der Waals surface area contributed by atoms with Crippen molar-refractivity contribution in [1.82, 2.24) is 9.80 Å². The fourth-order valence-electron chi connectivity index (χ4n) is 3.20. The zero-order chi connectivity index (χ0) is 18.4. The molecule has 3 rings (SSSR count).